The number of aryl methyl sites for hydroxylation is 2. The Morgan fingerprint density at radius 3 is 2.50 bits per heavy atom. The lowest BCUT2D eigenvalue weighted by molar-refractivity contribution is -0.915. The minimum Gasteiger partial charge on any atom is -0.350 e. The molecule has 0 aliphatic rings. The van der Waals surface area contributed by atoms with Crippen LogP contribution in [-0.2, 0) is 0 Å². The molecule has 0 aromatic carbocycles. The van der Waals surface area contributed by atoms with Crippen LogP contribution in [0.5, 0.6) is 0 Å². The number of aromatic nitrogens is 2. The van der Waals surface area contributed by atoms with Gasteiger partial charge in [0.15, 0.2) is 5.69 Å². The van der Waals surface area contributed by atoms with Gasteiger partial charge < -0.3 is 5.21 Å². The molecule has 0 bridgehead atoms. The van der Waals surface area contributed by atoms with Gasteiger partial charge >= 0.3 is 5.82 Å². The monoisotopic (exact) mass is 139 g/mol. The first-order valence-electron chi connectivity index (χ1n) is 3.17. The predicted octanol–water partition coefficient (Wildman–Crippen LogP) is 0.532. The predicted molar refractivity (Wildman–Crippen MR) is 35.8 cm³/mol. The van der Waals surface area contributed by atoms with E-state index in [9.17, 15) is 5.21 Å². The van der Waals surface area contributed by atoms with E-state index in [1.807, 2.05) is 13.8 Å². The normalized spacial score (nSPS) is 9.90. The molecule has 54 valence electrons. The Hall–Kier alpha value is -1.12. The lowest BCUT2D eigenvalue weighted by Gasteiger charge is -1.96. The van der Waals surface area contributed by atoms with E-state index in [1.165, 1.54) is 0 Å². The molecule has 0 radical (unpaired) electrons. The SMILES string of the molecule is Cc1cnc(C)[n+](O)c1C. The first-order chi connectivity index (χ1) is 4.63. The summed E-state index contributed by atoms with van der Waals surface area (Å²) in [6.07, 6.45) is 1.75. The molecule has 0 atom stereocenters. The maximum atomic E-state index is 9.24. The number of hydrogen-bond acceptors (Lipinski definition) is 2. The third-order valence-electron chi connectivity index (χ3n) is 1.64. The Labute approximate surface area is 59.9 Å². The zero-order chi connectivity index (χ0) is 7.72. The van der Waals surface area contributed by atoms with Gasteiger partial charge in [0.25, 0.3) is 0 Å². The second-order valence-electron chi connectivity index (χ2n) is 2.39. The topological polar surface area (TPSA) is 37.0 Å². The minimum atomic E-state index is 0.614. The number of nitrogens with zero attached hydrogens (tertiary/aromatic N) is 2. The molecule has 0 fully saturated rings. The first-order valence-corrected chi connectivity index (χ1v) is 3.17. The van der Waals surface area contributed by atoms with E-state index in [4.69, 9.17) is 0 Å². The van der Waals surface area contributed by atoms with E-state index in [0.717, 1.165) is 16.0 Å². The highest BCUT2D eigenvalue weighted by atomic mass is 16.5. The van der Waals surface area contributed by atoms with Crippen molar-refractivity contribution in [3.8, 4) is 0 Å². The molecule has 0 aliphatic heterocycles. The fourth-order valence-corrected chi connectivity index (χ4v) is 0.748. The summed E-state index contributed by atoms with van der Waals surface area (Å²) in [6.45, 7) is 5.52. The molecule has 0 saturated carbocycles. The van der Waals surface area contributed by atoms with Crippen molar-refractivity contribution in [2.75, 3.05) is 0 Å². The molecule has 1 aromatic heterocycles. The summed E-state index contributed by atoms with van der Waals surface area (Å²) >= 11 is 0. The molecule has 10 heavy (non-hydrogen) atoms. The summed E-state index contributed by atoms with van der Waals surface area (Å²) in [5.41, 5.74) is 1.83. The molecule has 1 rings (SSSR count). The van der Waals surface area contributed by atoms with Crippen molar-refractivity contribution < 1.29 is 9.94 Å². The van der Waals surface area contributed by atoms with Crippen LogP contribution < -0.4 is 4.73 Å². The van der Waals surface area contributed by atoms with Crippen LogP contribution in [-0.4, -0.2) is 10.2 Å². The van der Waals surface area contributed by atoms with E-state index >= 15 is 0 Å². The van der Waals surface area contributed by atoms with Crippen molar-refractivity contribution in [2.45, 2.75) is 20.8 Å². The molecule has 3 heteroatoms. The number of hydrogen-bond donors (Lipinski definition) is 1. The second-order valence-corrected chi connectivity index (χ2v) is 2.39. The maximum Gasteiger partial charge on any atom is 0.333 e. The van der Waals surface area contributed by atoms with Gasteiger partial charge in [-0.15, -0.1) is 0 Å². The van der Waals surface area contributed by atoms with Crippen molar-refractivity contribution in [1.29, 1.82) is 0 Å². The van der Waals surface area contributed by atoms with Gasteiger partial charge in [-0.3, -0.25) is 0 Å². The fourth-order valence-electron chi connectivity index (χ4n) is 0.748. The third-order valence-corrected chi connectivity index (χ3v) is 1.64. The molecule has 3 nitrogen and oxygen atoms in total. The van der Waals surface area contributed by atoms with Crippen LogP contribution in [0, 0.1) is 20.8 Å². The van der Waals surface area contributed by atoms with E-state index in [0.29, 0.717) is 5.82 Å². The highest BCUT2D eigenvalue weighted by Crippen LogP contribution is 1.96. The molecular formula is C7H11N2O+. The van der Waals surface area contributed by atoms with E-state index in [1.54, 1.807) is 13.1 Å². The van der Waals surface area contributed by atoms with Gasteiger partial charge in [-0.1, -0.05) is 4.98 Å². The van der Waals surface area contributed by atoms with E-state index in [-0.39, 0.29) is 0 Å². The van der Waals surface area contributed by atoms with Gasteiger partial charge in [-0.05, 0) is 11.7 Å². The number of rotatable bonds is 0. The molecule has 1 N–H and O–H groups in total. The molecule has 1 heterocycles. The van der Waals surface area contributed by atoms with Crippen LogP contribution >= 0.6 is 0 Å². The molecule has 0 unspecified atom stereocenters. The summed E-state index contributed by atoms with van der Waals surface area (Å²) in [5.74, 6) is 0.614. The van der Waals surface area contributed by atoms with Crippen molar-refractivity contribution in [3.63, 3.8) is 0 Å². The maximum absolute atomic E-state index is 9.24. The zero-order valence-electron chi connectivity index (χ0n) is 6.42. The summed E-state index contributed by atoms with van der Waals surface area (Å²) in [7, 11) is 0. The van der Waals surface area contributed by atoms with Gasteiger partial charge in [0.1, 0.15) is 6.20 Å². The summed E-state index contributed by atoms with van der Waals surface area (Å²) in [5, 5.41) is 9.24. The quantitative estimate of drug-likeness (QED) is 0.420. The lowest BCUT2D eigenvalue weighted by atomic mass is 10.3. The van der Waals surface area contributed by atoms with Crippen LogP contribution in [0.4, 0.5) is 0 Å². The van der Waals surface area contributed by atoms with Crippen LogP contribution in [0.25, 0.3) is 0 Å². The average molecular weight is 139 g/mol. The zero-order valence-corrected chi connectivity index (χ0v) is 6.42. The van der Waals surface area contributed by atoms with Gasteiger partial charge in [0.2, 0.25) is 0 Å². The van der Waals surface area contributed by atoms with Crippen molar-refractivity contribution in [2.24, 2.45) is 0 Å². The van der Waals surface area contributed by atoms with Gasteiger partial charge in [0, 0.05) is 19.4 Å². The molecule has 0 amide bonds. The Morgan fingerprint density at radius 2 is 2.00 bits per heavy atom. The first kappa shape index (κ1) is 6.99. The second kappa shape index (κ2) is 2.25. The van der Waals surface area contributed by atoms with Crippen molar-refractivity contribution in [1.82, 2.24) is 4.98 Å². The Morgan fingerprint density at radius 1 is 1.40 bits per heavy atom. The molecule has 0 aliphatic carbocycles. The van der Waals surface area contributed by atoms with Crippen LogP contribution in [0.3, 0.4) is 0 Å². The standard InChI is InChI=1S/C7H11N2O/c1-5-4-8-7(3)9(10)6(5)2/h4,10H,1-3H3/q+1. The van der Waals surface area contributed by atoms with Gasteiger partial charge in [-0.2, -0.15) is 0 Å². The summed E-state index contributed by atoms with van der Waals surface area (Å²) in [6, 6.07) is 0. The minimum absolute atomic E-state index is 0.614. The van der Waals surface area contributed by atoms with E-state index < -0.39 is 0 Å². The average Bonchev–Trinajstić information content (AvgIpc) is 1.93. The van der Waals surface area contributed by atoms with Crippen molar-refractivity contribution in [3.05, 3.63) is 23.3 Å². The smallest absolute Gasteiger partial charge is 0.333 e. The van der Waals surface area contributed by atoms with Gasteiger partial charge in [0.05, 0.1) is 0 Å². The van der Waals surface area contributed by atoms with Gasteiger partial charge in [-0.25, -0.2) is 0 Å². The highest BCUT2D eigenvalue weighted by molar-refractivity contribution is 5.07. The summed E-state index contributed by atoms with van der Waals surface area (Å²) < 4.78 is 1.09. The fraction of sp³-hybridized carbons (Fsp3) is 0.429. The molecular weight excluding hydrogens is 128 g/mol. The lowest BCUT2D eigenvalue weighted by Crippen LogP contribution is -2.38. The Bertz CT molecular complexity index is 231. The summed E-state index contributed by atoms with van der Waals surface area (Å²) in [4.78, 5) is 3.95. The highest BCUT2D eigenvalue weighted by Gasteiger charge is 2.09. The van der Waals surface area contributed by atoms with Crippen molar-refractivity contribution >= 4 is 0 Å². The van der Waals surface area contributed by atoms with E-state index in [2.05, 4.69) is 4.98 Å². The van der Waals surface area contributed by atoms with Crippen LogP contribution in [0.15, 0.2) is 6.20 Å². The Balaban J connectivity index is 3.34. The van der Waals surface area contributed by atoms with Crippen LogP contribution in [0.1, 0.15) is 17.1 Å². The third kappa shape index (κ3) is 0.943. The Kier molecular flexibility index (Phi) is 1.57. The van der Waals surface area contributed by atoms with Crippen LogP contribution in [0.2, 0.25) is 0 Å². The molecule has 1 aromatic rings. The molecule has 0 saturated heterocycles. The molecule has 0 spiro atoms. The largest absolute Gasteiger partial charge is 0.350 e.